The fourth-order valence-electron chi connectivity index (χ4n) is 2.74. The minimum absolute atomic E-state index is 0.00795. The van der Waals surface area contributed by atoms with E-state index in [4.69, 9.17) is 0 Å². The van der Waals surface area contributed by atoms with Gasteiger partial charge in [0.05, 0.1) is 6.54 Å². The molecule has 0 unspecified atom stereocenters. The van der Waals surface area contributed by atoms with Gasteiger partial charge in [-0.2, -0.15) is 0 Å². The van der Waals surface area contributed by atoms with Crippen molar-refractivity contribution in [3.8, 4) is 0 Å². The van der Waals surface area contributed by atoms with E-state index in [9.17, 15) is 14.4 Å². The topological polar surface area (TPSA) is 87.3 Å². The number of aryl methyl sites for hydroxylation is 1. The zero-order valence-corrected chi connectivity index (χ0v) is 14.5. The summed E-state index contributed by atoms with van der Waals surface area (Å²) >= 11 is 0. The molecule has 0 radical (unpaired) electrons. The lowest BCUT2D eigenvalue weighted by Crippen LogP contribution is -2.46. The lowest BCUT2D eigenvalue weighted by molar-refractivity contribution is -0.130. The van der Waals surface area contributed by atoms with Crippen molar-refractivity contribution in [3.63, 3.8) is 0 Å². The molecule has 1 aromatic carbocycles. The van der Waals surface area contributed by atoms with Gasteiger partial charge in [-0.1, -0.05) is 49.1 Å². The van der Waals surface area contributed by atoms with Gasteiger partial charge in [0.25, 0.3) is 11.8 Å². The minimum atomic E-state index is -0.457. The van der Waals surface area contributed by atoms with E-state index < -0.39 is 11.8 Å². The highest BCUT2D eigenvalue weighted by molar-refractivity contribution is 5.93. The van der Waals surface area contributed by atoms with Crippen LogP contribution in [-0.4, -0.2) is 24.3 Å². The number of rotatable bonds is 5. The van der Waals surface area contributed by atoms with Crippen LogP contribution in [0.25, 0.3) is 6.08 Å². The lowest BCUT2D eigenvalue weighted by Gasteiger charge is -2.20. The average molecular weight is 343 g/mol. The summed E-state index contributed by atoms with van der Waals surface area (Å²) < 4.78 is 0. The number of hydrogen-bond acceptors (Lipinski definition) is 3. The molecule has 0 spiro atoms. The Labute approximate surface area is 148 Å². The van der Waals surface area contributed by atoms with Crippen LogP contribution in [-0.2, 0) is 14.4 Å². The molecule has 0 aliphatic heterocycles. The van der Waals surface area contributed by atoms with Gasteiger partial charge in [0.15, 0.2) is 0 Å². The Balaban J connectivity index is 1.65. The van der Waals surface area contributed by atoms with Crippen LogP contribution in [0.2, 0.25) is 0 Å². The Morgan fingerprint density at radius 1 is 1.04 bits per heavy atom. The molecule has 1 aliphatic carbocycles. The van der Waals surface area contributed by atoms with Crippen LogP contribution >= 0.6 is 0 Å². The highest BCUT2D eigenvalue weighted by atomic mass is 16.2. The molecular formula is C19H25N3O3. The van der Waals surface area contributed by atoms with Crippen LogP contribution in [0.4, 0.5) is 0 Å². The van der Waals surface area contributed by atoms with E-state index in [0.29, 0.717) is 0 Å². The van der Waals surface area contributed by atoms with Crippen molar-refractivity contribution < 1.29 is 14.4 Å². The summed E-state index contributed by atoms with van der Waals surface area (Å²) in [6.45, 7) is 1.85. The van der Waals surface area contributed by atoms with E-state index in [1.165, 1.54) is 12.5 Å². The summed E-state index contributed by atoms with van der Waals surface area (Å²) in [5, 5.41) is 2.62. The van der Waals surface area contributed by atoms with Crippen LogP contribution in [0.3, 0.4) is 0 Å². The first-order valence-corrected chi connectivity index (χ1v) is 8.66. The van der Waals surface area contributed by atoms with Crippen molar-refractivity contribution in [1.82, 2.24) is 16.2 Å². The monoisotopic (exact) mass is 343 g/mol. The smallest absolute Gasteiger partial charge is 0.262 e. The maximum atomic E-state index is 11.9. The summed E-state index contributed by atoms with van der Waals surface area (Å²) in [7, 11) is 0. The molecule has 6 heteroatoms. The van der Waals surface area contributed by atoms with E-state index in [-0.39, 0.29) is 18.4 Å². The van der Waals surface area contributed by atoms with Crippen LogP contribution in [0.15, 0.2) is 30.3 Å². The van der Waals surface area contributed by atoms with Crippen molar-refractivity contribution in [3.05, 3.63) is 41.5 Å². The Kier molecular flexibility index (Phi) is 7.19. The van der Waals surface area contributed by atoms with E-state index in [0.717, 1.165) is 36.8 Å². The number of amides is 3. The second-order valence-corrected chi connectivity index (χ2v) is 6.33. The summed E-state index contributed by atoms with van der Waals surface area (Å²) in [6.07, 6.45) is 8.06. The number of hydrazine groups is 1. The molecule has 3 amide bonds. The lowest BCUT2D eigenvalue weighted by atomic mass is 9.89. The van der Waals surface area contributed by atoms with Gasteiger partial charge in [0.2, 0.25) is 5.91 Å². The van der Waals surface area contributed by atoms with Gasteiger partial charge < -0.3 is 5.32 Å². The Bertz CT molecular complexity index is 632. The first-order valence-electron chi connectivity index (χ1n) is 8.66. The van der Waals surface area contributed by atoms with E-state index in [1.54, 1.807) is 6.08 Å². The van der Waals surface area contributed by atoms with Crippen LogP contribution < -0.4 is 16.2 Å². The van der Waals surface area contributed by atoms with Gasteiger partial charge in [0.1, 0.15) is 0 Å². The van der Waals surface area contributed by atoms with Crippen molar-refractivity contribution in [2.45, 2.75) is 39.0 Å². The standard InChI is InChI=1S/C19H25N3O3/c1-14-7-9-15(10-8-14)11-12-17(23)21-22-18(24)13-20-19(25)16-5-3-2-4-6-16/h7-12,16H,2-6,13H2,1H3,(H,20,25)(H,21,23)(H,22,24)/b12-11+. The van der Waals surface area contributed by atoms with Crippen molar-refractivity contribution in [2.75, 3.05) is 6.54 Å². The number of nitrogens with one attached hydrogen (secondary N) is 3. The number of carbonyl (C=O) groups is 3. The molecule has 0 saturated heterocycles. The van der Waals surface area contributed by atoms with Crippen molar-refractivity contribution in [2.24, 2.45) is 5.92 Å². The Morgan fingerprint density at radius 2 is 1.72 bits per heavy atom. The normalized spacial score (nSPS) is 14.9. The van der Waals surface area contributed by atoms with Gasteiger partial charge >= 0.3 is 0 Å². The molecule has 3 N–H and O–H groups in total. The highest BCUT2D eigenvalue weighted by Crippen LogP contribution is 2.23. The third-order valence-corrected chi connectivity index (χ3v) is 4.23. The summed E-state index contributed by atoms with van der Waals surface area (Å²) in [6, 6.07) is 7.71. The summed E-state index contributed by atoms with van der Waals surface area (Å²) in [4.78, 5) is 35.3. The summed E-state index contributed by atoms with van der Waals surface area (Å²) in [5.41, 5.74) is 6.61. The van der Waals surface area contributed by atoms with Gasteiger partial charge in [-0.3, -0.25) is 25.2 Å². The number of carbonyl (C=O) groups excluding carboxylic acids is 3. The molecule has 25 heavy (non-hydrogen) atoms. The fourth-order valence-corrected chi connectivity index (χ4v) is 2.74. The maximum Gasteiger partial charge on any atom is 0.262 e. The molecule has 2 rings (SSSR count). The Hall–Kier alpha value is -2.63. The molecule has 1 aromatic rings. The second kappa shape index (κ2) is 9.61. The van der Waals surface area contributed by atoms with Crippen molar-refractivity contribution in [1.29, 1.82) is 0 Å². The van der Waals surface area contributed by atoms with Gasteiger partial charge in [-0.25, -0.2) is 0 Å². The second-order valence-electron chi connectivity index (χ2n) is 6.33. The molecule has 134 valence electrons. The van der Waals surface area contributed by atoms with E-state index >= 15 is 0 Å². The molecule has 0 aromatic heterocycles. The number of benzene rings is 1. The van der Waals surface area contributed by atoms with E-state index in [2.05, 4.69) is 16.2 Å². The van der Waals surface area contributed by atoms with Crippen LogP contribution in [0, 0.1) is 12.8 Å². The zero-order valence-electron chi connectivity index (χ0n) is 14.5. The Morgan fingerprint density at radius 3 is 2.40 bits per heavy atom. The molecule has 1 fully saturated rings. The SMILES string of the molecule is Cc1ccc(/C=C/C(=O)NNC(=O)CNC(=O)C2CCCCC2)cc1. The van der Waals surface area contributed by atoms with Gasteiger partial charge in [-0.05, 0) is 31.4 Å². The van der Waals surface area contributed by atoms with Gasteiger partial charge in [0, 0.05) is 12.0 Å². The molecular weight excluding hydrogens is 318 g/mol. The predicted molar refractivity (Wildman–Crippen MR) is 96.1 cm³/mol. The van der Waals surface area contributed by atoms with Crippen LogP contribution in [0.5, 0.6) is 0 Å². The molecule has 1 saturated carbocycles. The fraction of sp³-hybridized carbons (Fsp3) is 0.421. The van der Waals surface area contributed by atoms with Crippen molar-refractivity contribution >= 4 is 23.8 Å². The van der Waals surface area contributed by atoms with E-state index in [1.807, 2.05) is 31.2 Å². The molecule has 0 bridgehead atoms. The van der Waals surface area contributed by atoms with Crippen LogP contribution in [0.1, 0.15) is 43.2 Å². The maximum absolute atomic E-state index is 11.9. The summed E-state index contributed by atoms with van der Waals surface area (Å²) in [5.74, 6) is -0.970. The van der Waals surface area contributed by atoms with Gasteiger partial charge in [-0.15, -0.1) is 0 Å². The third-order valence-electron chi connectivity index (χ3n) is 4.23. The molecule has 6 nitrogen and oxygen atoms in total. The average Bonchev–Trinajstić information content (AvgIpc) is 2.64. The molecule has 0 atom stereocenters. The first-order chi connectivity index (χ1) is 12.0. The quantitative estimate of drug-likeness (QED) is 0.563. The largest absolute Gasteiger partial charge is 0.347 e. The minimum Gasteiger partial charge on any atom is -0.347 e. The number of hydrogen-bond donors (Lipinski definition) is 3. The first kappa shape index (κ1) is 18.7. The third kappa shape index (κ3) is 6.79. The molecule has 0 heterocycles. The highest BCUT2D eigenvalue weighted by Gasteiger charge is 2.21. The zero-order chi connectivity index (χ0) is 18.1. The predicted octanol–water partition coefficient (Wildman–Crippen LogP) is 1.85. The molecule has 1 aliphatic rings.